The van der Waals surface area contributed by atoms with Crippen LogP contribution in [0.15, 0.2) is 30.3 Å². The molecule has 0 fully saturated rings. The summed E-state index contributed by atoms with van der Waals surface area (Å²) in [6, 6.07) is 7.67. The number of carbonyl (C=O) groups is 2. The number of rotatable bonds is 7. The van der Waals surface area contributed by atoms with Crippen molar-refractivity contribution in [2.24, 2.45) is 0 Å². The maximum absolute atomic E-state index is 12.6. The molecule has 0 bridgehead atoms. The van der Waals surface area contributed by atoms with Crippen molar-refractivity contribution in [3.05, 3.63) is 52.0 Å². The molecule has 0 radical (unpaired) electrons. The van der Waals surface area contributed by atoms with Crippen LogP contribution in [0, 0.1) is 6.92 Å². The van der Waals surface area contributed by atoms with Crippen molar-refractivity contribution in [2.75, 3.05) is 11.9 Å². The lowest BCUT2D eigenvalue weighted by molar-refractivity contribution is 0.0696. The second-order valence-corrected chi connectivity index (χ2v) is 6.58. The number of amides is 1. The Labute approximate surface area is 163 Å². The van der Waals surface area contributed by atoms with E-state index in [2.05, 4.69) is 5.32 Å². The average Bonchev–Trinajstić information content (AvgIpc) is 2.56. The molecule has 0 aliphatic rings. The summed E-state index contributed by atoms with van der Waals surface area (Å²) in [5.74, 6) is -0.622. The molecular formula is C20H22ClNO5. The molecule has 0 unspecified atom stereocenters. The van der Waals surface area contributed by atoms with E-state index in [-0.39, 0.29) is 16.7 Å². The van der Waals surface area contributed by atoms with E-state index in [1.54, 1.807) is 19.1 Å². The van der Waals surface area contributed by atoms with Gasteiger partial charge in [0.1, 0.15) is 0 Å². The van der Waals surface area contributed by atoms with Gasteiger partial charge in [-0.05, 0) is 63.6 Å². The molecule has 0 saturated heterocycles. The molecule has 1 amide bonds. The minimum atomic E-state index is -1.01. The number of halogens is 1. The van der Waals surface area contributed by atoms with Crippen LogP contribution < -0.4 is 14.8 Å². The summed E-state index contributed by atoms with van der Waals surface area (Å²) in [5.41, 5.74) is 1.52. The average molecular weight is 392 g/mol. The Kier molecular flexibility index (Phi) is 6.69. The zero-order valence-corrected chi connectivity index (χ0v) is 16.4. The minimum Gasteiger partial charge on any atom is -0.488 e. The summed E-state index contributed by atoms with van der Waals surface area (Å²) >= 11 is 6.27. The van der Waals surface area contributed by atoms with Gasteiger partial charge in [0.2, 0.25) is 0 Å². The third-order valence-corrected chi connectivity index (χ3v) is 3.92. The first kappa shape index (κ1) is 20.6. The van der Waals surface area contributed by atoms with Crippen molar-refractivity contribution < 1.29 is 24.2 Å². The normalized spacial score (nSPS) is 10.6. The molecule has 0 heterocycles. The quantitative estimate of drug-likeness (QED) is 0.709. The smallest absolute Gasteiger partial charge is 0.335 e. The summed E-state index contributed by atoms with van der Waals surface area (Å²) in [5, 5.41) is 12.1. The van der Waals surface area contributed by atoms with Gasteiger partial charge in [-0.1, -0.05) is 11.6 Å². The molecule has 0 spiro atoms. The van der Waals surface area contributed by atoms with E-state index in [0.717, 1.165) is 0 Å². The van der Waals surface area contributed by atoms with Gasteiger partial charge >= 0.3 is 5.97 Å². The van der Waals surface area contributed by atoms with E-state index < -0.39 is 11.9 Å². The van der Waals surface area contributed by atoms with E-state index in [1.807, 2.05) is 20.8 Å². The predicted octanol–water partition coefficient (Wildman–Crippen LogP) is 4.78. The van der Waals surface area contributed by atoms with Crippen molar-refractivity contribution in [2.45, 2.75) is 33.8 Å². The first-order valence-corrected chi connectivity index (χ1v) is 8.89. The van der Waals surface area contributed by atoms with Crippen LogP contribution >= 0.6 is 11.6 Å². The zero-order chi connectivity index (χ0) is 20.1. The third kappa shape index (κ3) is 5.14. The molecule has 2 aromatic carbocycles. The first-order valence-electron chi connectivity index (χ1n) is 8.51. The van der Waals surface area contributed by atoms with Gasteiger partial charge in [-0.15, -0.1) is 0 Å². The number of carbonyl (C=O) groups excluding carboxylic acids is 1. The molecule has 0 saturated carbocycles. The molecule has 2 aromatic rings. The highest BCUT2D eigenvalue weighted by Crippen LogP contribution is 2.37. The van der Waals surface area contributed by atoms with Crippen LogP contribution in [0.2, 0.25) is 5.02 Å². The lowest BCUT2D eigenvalue weighted by Gasteiger charge is -2.17. The topological polar surface area (TPSA) is 84.9 Å². The highest BCUT2D eigenvalue weighted by Gasteiger charge is 2.18. The van der Waals surface area contributed by atoms with Gasteiger partial charge in [0.25, 0.3) is 5.91 Å². The van der Waals surface area contributed by atoms with Gasteiger partial charge < -0.3 is 19.9 Å². The molecular weight excluding hydrogens is 370 g/mol. The van der Waals surface area contributed by atoms with E-state index in [1.165, 1.54) is 18.2 Å². The largest absolute Gasteiger partial charge is 0.488 e. The van der Waals surface area contributed by atoms with Crippen molar-refractivity contribution in [3.8, 4) is 11.5 Å². The molecule has 0 aromatic heterocycles. The lowest BCUT2D eigenvalue weighted by atomic mass is 10.1. The molecule has 0 atom stereocenters. The molecule has 2 N–H and O–H groups in total. The van der Waals surface area contributed by atoms with Crippen molar-refractivity contribution in [1.29, 1.82) is 0 Å². The van der Waals surface area contributed by atoms with Crippen LogP contribution in [0.1, 0.15) is 47.1 Å². The Bertz CT molecular complexity index is 864. The van der Waals surface area contributed by atoms with Gasteiger partial charge in [0.15, 0.2) is 11.5 Å². The number of hydrogen-bond acceptors (Lipinski definition) is 4. The fourth-order valence-electron chi connectivity index (χ4n) is 2.51. The minimum absolute atomic E-state index is 0.121. The zero-order valence-electron chi connectivity index (χ0n) is 15.6. The monoisotopic (exact) mass is 391 g/mol. The maximum atomic E-state index is 12.6. The number of anilines is 1. The predicted molar refractivity (Wildman–Crippen MR) is 104 cm³/mol. The molecule has 144 valence electrons. The highest BCUT2D eigenvalue weighted by molar-refractivity contribution is 6.32. The number of aromatic carboxylic acids is 1. The van der Waals surface area contributed by atoms with Crippen LogP contribution in [-0.4, -0.2) is 29.7 Å². The fraction of sp³-hybridized carbons (Fsp3) is 0.300. The van der Waals surface area contributed by atoms with Crippen molar-refractivity contribution in [3.63, 3.8) is 0 Å². The Morgan fingerprint density at radius 1 is 1.22 bits per heavy atom. The molecule has 6 nitrogen and oxygen atoms in total. The molecule has 0 aliphatic carbocycles. The second-order valence-electron chi connectivity index (χ2n) is 6.17. The first-order chi connectivity index (χ1) is 12.7. The number of hydrogen-bond donors (Lipinski definition) is 2. The van der Waals surface area contributed by atoms with Gasteiger partial charge in [-0.2, -0.15) is 0 Å². The summed E-state index contributed by atoms with van der Waals surface area (Å²) in [6.07, 6.45) is -0.121. The van der Waals surface area contributed by atoms with Crippen LogP contribution in [0.5, 0.6) is 11.5 Å². The van der Waals surface area contributed by atoms with Crippen LogP contribution in [-0.2, 0) is 0 Å². The van der Waals surface area contributed by atoms with Gasteiger partial charge in [-0.25, -0.2) is 4.79 Å². The van der Waals surface area contributed by atoms with E-state index in [4.69, 9.17) is 26.2 Å². The van der Waals surface area contributed by atoms with Gasteiger partial charge in [-0.3, -0.25) is 4.79 Å². The van der Waals surface area contributed by atoms with Crippen LogP contribution in [0.3, 0.4) is 0 Å². The Balaban J connectivity index is 2.31. The molecule has 7 heteroatoms. The third-order valence-electron chi connectivity index (χ3n) is 3.64. The molecule has 0 aliphatic heterocycles. The fourth-order valence-corrected chi connectivity index (χ4v) is 2.78. The van der Waals surface area contributed by atoms with E-state index in [9.17, 15) is 9.59 Å². The number of carboxylic acid groups (broad SMARTS) is 1. The maximum Gasteiger partial charge on any atom is 0.335 e. The second kappa shape index (κ2) is 8.77. The Hall–Kier alpha value is -2.73. The summed E-state index contributed by atoms with van der Waals surface area (Å²) < 4.78 is 11.3. The van der Waals surface area contributed by atoms with E-state index in [0.29, 0.717) is 34.9 Å². The number of aryl methyl sites for hydroxylation is 1. The number of ether oxygens (including phenoxy) is 2. The molecule has 2 rings (SSSR count). The SMILES string of the molecule is CCOc1c(Cl)cc(C(=O)Nc2ccc(C(=O)O)c(C)c2)cc1OC(C)C. The van der Waals surface area contributed by atoms with Crippen LogP contribution in [0.4, 0.5) is 5.69 Å². The number of benzene rings is 2. The Morgan fingerprint density at radius 3 is 2.48 bits per heavy atom. The summed E-state index contributed by atoms with van der Waals surface area (Å²) in [7, 11) is 0. The van der Waals surface area contributed by atoms with Gasteiger partial charge in [0.05, 0.1) is 23.3 Å². The Morgan fingerprint density at radius 2 is 1.93 bits per heavy atom. The standard InChI is InChI=1S/C20H22ClNO5/c1-5-26-18-16(21)9-13(10-17(18)27-11(2)3)19(23)22-14-6-7-15(20(24)25)12(4)8-14/h6-11H,5H2,1-4H3,(H,22,23)(H,24,25). The van der Waals surface area contributed by atoms with Crippen LogP contribution in [0.25, 0.3) is 0 Å². The highest BCUT2D eigenvalue weighted by atomic mass is 35.5. The van der Waals surface area contributed by atoms with Crippen molar-refractivity contribution >= 4 is 29.2 Å². The number of nitrogens with one attached hydrogen (secondary N) is 1. The van der Waals surface area contributed by atoms with Crippen molar-refractivity contribution in [1.82, 2.24) is 0 Å². The molecule has 27 heavy (non-hydrogen) atoms. The van der Waals surface area contributed by atoms with E-state index >= 15 is 0 Å². The lowest BCUT2D eigenvalue weighted by Crippen LogP contribution is -2.14. The summed E-state index contributed by atoms with van der Waals surface area (Å²) in [6.45, 7) is 7.64. The van der Waals surface area contributed by atoms with Gasteiger partial charge in [0, 0.05) is 11.3 Å². The summed E-state index contributed by atoms with van der Waals surface area (Å²) in [4.78, 5) is 23.7. The number of carboxylic acids is 1.